The third kappa shape index (κ3) is 2.49. The Hall–Kier alpha value is -2.18. The van der Waals surface area contributed by atoms with Gasteiger partial charge in [0.2, 0.25) is 0 Å². The van der Waals surface area contributed by atoms with E-state index in [1.807, 2.05) is 0 Å². The maximum atomic E-state index is 4.59. The van der Waals surface area contributed by atoms with E-state index in [1.54, 1.807) is 18.7 Å². The van der Waals surface area contributed by atoms with E-state index < -0.39 is 0 Å². The molecule has 0 unspecified atom stereocenters. The Morgan fingerprint density at radius 1 is 1.32 bits per heavy atom. The fourth-order valence-corrected chi connectivity index (χ4v) is 2.11. The average molecular weight is 259 g/mol. The number of hydrogen-bond acceptors (Lipinski definition) is 6. The summed E-state index contributed by atoms with van der Waals surface area (Å²) >= 11 is 0. The Bertz CT molecular complexity index is 551. The normalized spacial score (nSPS) is 14.3. The van der Waals surface area contributed by atoms with E-state index in [2.05, 4.69) is 41.9 Å². The molecule has 1 aliphatic rings. The van der Waals surface area contributed by atoms with Crippen LogP contribution >= 0.6 is 0 Å². The van der Waals surface area contributed by atoms with Gasteiger partial charge < -0.3 is 14.8 Å². The van der Waals surface area contributed by atoms with Gasteiger partial charge in [-0.3, -0.25) is 4.98 Å². The average Bonchev–Trinajstić information content (AvgIpc) is 2.92. The predicted octanol–water partition coefficient (Wildman–Crippen LogP) is 0.910. The molecule has 0 saturated heterocycles. The van der Waals surface area contributed by atoms with E-state index in [0.717, 1.165) is 50.1 Å². The van der Waals surface area contributed by atoms with E-state index in [4.69, 9.17) is 0 Å². The molecule has 0 saturated carbocycles. The summed E-state index contributed by atoms with van der Waals surface area (Å²) in [6.07, 6.45) is 6.39. The van der Waals surface area contributed by atoms with Crippen molar-refractivity contribution in [3.8, 4) is 0 Å². The maximum absolute atomic E-state index is 4.59. The highest BCUT2D eigenvalue weighted by molar-refractivity contribution is 5.44. The van der Waals surface area contributed by atoms with Crippen LogP contribution in [0.15, 0.2) is 18.7 Å². The SMILES string of the molecule is CCCNc1cncc(N2CCn3cnnc3C2)n1. The molecule has 0 aliphatic carbocycles. The highest BCUT2D eigenvalue weighted by Gasteiger charge is 2.18. The van der Waals surface area contributed by atoms with Gasteiger partial charge in [-0.2, -0.15) is 0 Å². The van der Waals surface area contributed by atoms with Crippen molar-refractivity contribution in [3.63, 3.8) is 0 Å². The highest BCUT2D eigenvalue weighted by Crippen LogP contribution is 2.18. The number of nitrogens with zero attached hydrogens (tertiary/aromatic N) is 6. The van der Waals surface area contributed by atoms with Crippen LogP contribution in [-0.2, 0) is 13.1 Å². The molecule has 0 amide bonds. The second kappa shape index (κ2) is 5.21. The lowest BCUT2D eigenvalue weighted by atomic mass is 10.3. The van der Waals surface area contributed by atoms with Gasteiger partial charge in [0.05, 0.1) is 18.9 Å². The first-order valence-electron chi connectivity index (χ1n) is 6.54. The zero-order chi connectivity index (χ0) is 13.1. The predicted molar refractivity (Wildman–Crippen MR) is 71.9 cm³/mol. The lowest BCUT2D eigenvalue weighted by molar-refractivity contribution is 0.555. The quantitative estimate of drug-likeness (QED) is 0.880. The first kappa shape index (κ1) is 11.9. The third-order valence-corrected chi connectivity index (χ3v) is 3.14. The lowest BCUT2D eigenvalue weighted by Gasteiger charge is -2.27. The molecule has 0 fully saturated rings. The van der Waals surface area contributed by atoms with Crippen molar-refractivity contribution in [2.24, 2.45) is 0 Å². The fraction of sp³-hybridized carbons (Fsp3) is 0.500. The third-order valence-electron chi connectivity index (χ3n) is 3.14. The van der Waals surface area contributed by atoms with Gasteiger partial charge in [-0.25, -0.2) is 4.98 Å². The smallest absolute Gasteiger partial charge is 0.152 e. The first-order valence-corrected chi connectivity index (χ1v) is 6.54. The van der Waals surface area contributed by atoms with Crippen molar-refractivity contribution in [1.29, 1.82) is 0 Å². The minimum absolute atomic E-state index is 0.728. The number of hydrogen-bond donors (Lipinski definition) is 1. The Balaban J connectivity index is 1.76. The van der Waals surface area contributed by atoms with Gasteiger partial charge in [0.15, 0.2) is 5.82 Å². The van der Waals surface area contributed by atoms with E-state index in [1.165, 1.54) is 0 Å². The zero-order valence-electron chi connectivity index (χ0n) is 11.0. The number of nitrogens with one attached hydrogen (secondary N) is 1. The van der Waals surface area contributed by atoms with Crippen molar-refractivity contribution >= 4 is 11.6 Å². The number of aromatic nitrogens is 5. The summed E-state index contributed by atoms with van der Waals surface area (Å²) in [5, 5.41) is 11.3. The van der Waals surface area contributed by atoms with Crippen LogP contribution in [-0.4, -0.2) is 37.8 Å². The van der Waals surface area contributed by atoms with Crippen LogP contribution in [0.5, 0.6) is 0 Å². The summed E-state index contributed by atoms with van der Waals surface area (Å²) in [4.78, 5) is 11.0. The van der Waals surface area contributed by atoms with Gasteiger partial charge >= 0.3 is 0 Å². The van der Waals surface area contributed by atoms with Gasteiger partial charge in [-0.1, -0.05) is 6.92 Å². The highest BCUT2D eigenvalue weighted by atomic mass is 15.3. The largest absolute Gasteiger partial charge is 0.369 e. The summed E-state index contributed by atoms with van der Waals surface area (Å²) in [6, 6.07) is 0. The topological polar surface area (TPSA) is 71.8 Å². The maximum Gasteiger partial charge on any atom is 0.152 e. The van der Waals surface area contributed by atoms with E-state index in [0.29, 0.717) is 0 Å². The lowest BCUT2D eigenvalue weighted by Crippen LogP contribution is -2.34. The van der Waals surface area contributed by atoms with Crippen LogP contribution in [0.25, 0.3) is 0 Å². The van der Waals surface area contributed by atoms with Crippen LogP contribution in [0, 0.1) is 0 Å². The Labute approximate surface area is 111 Å². The van der Waals surface area contributed by atoms with Gasteiger partial charge in [-0.15, -0.1) is 10.2 Å². The van der Waals surface area contributed by atoms with Crippen molar-refractivity contribution in [1.82, 2.24) is 24.7 Å². The van der Waals surface area contributed by atoms with Gasteiger partial charge in [-0.05, 0) is 6.42 Å². The molecule has 100 valence electrons. The van der Waals surface area contributed by atoms with Crippen molar-refractivity contribution in [2.45, 2.75) is 26.4 Å². The standard InChI is InChI=1S/C12H17N7/c1-2-3-14-10-6-13-7-11(16-10)18-4-5-19-9-15-17-12(19)8-18/h6-7,9H,2-5,8H2,1H3,(H,14,16). The Morgan fingerprint density at radius 2 is 2.26 bits per heavy atom. The molecule has 2 aromatic rings. The van der Waals surface area contributed by atoms with E-state index >= 15 is 0 Å². The second-order valence-corrected chi connectivity index (χ2v) is 4.55. The number of anilines is 2. The Kier molecular flexibility index (Phi) is 3.26. The van der Waals surface area contributed by atoms with E-state index in [-0.39, 0.29) is 0 Å². The molecule has 2 aromatic heterocycles. The molecular weight excluding hydrogens is 242 g/mol. The van der Waals surface area contributed by atoms with Crippen LogP contribution in [0.3, 0.4) is 0 Å². The molecule has 1 N–H and O–H groups in total. The molecule has 3 rings (SSSR count). The van der Waals surface area contributed by atoms with Gasteiger partial charge in [0.1, 0.15) is 18.0 Å². The van der Waals surface area contributed by atoms with Crippen LogP contribution in [0.4, 0.5) is 11.6 Å². The minimum atomic E-state index is 0.728. The molecule has 7 heteroatoms. The zero-order valence-corrected chi connectivity index (χ0v) is 11.0. The molecule has 0 spiro atoms. The molecule has 7 nitrogen and oxygen atoms in total. The fourth-order valence-electron chi connectivity index (χ4n) is 2.11. The van der Waals surface area contributed by atoms with Crippen LogP contribution in [0.2, 0.25) is 0 Å². The van der Waals surface area contributed by atoms with Gasteiger partial charge in [0, 0.05) is 19.6 Å². The number of rotatable bonds is 4. The van der Waals surface area contributed by atoms with E-state index in [9.17, 15) is 0 Å². The molecule has 1 aliphatic heterocycles. The molecule has 0 aromatic carbocycles. The molecule has 0 radical (unpaired) electrons. The molecule has 19 heavy (non-hydrogen) atoms. The van der Waals surface area contributed by atoms with Crippen LogP contribution < -0.4 is 10.2 Å². The molecule has 0 bridgehead atoms. The molecule has 3 heterocycles. The van der Waals surface area contributed by atoms with Crippen molar-refractivity contribution in [2.75, 3.05) is 23.3 Å². The van der Waals surface area contributed by atoms with Gasteiger partial charge in [0.25, 0.3) is 0 Å². The second-order valence-electron chi connectivity index (χ2n) is 4.55. The summed E-state index contributed by atoms with van der Waals surface area (Å²) < 4.78 is 2.07. The Morgan fingerprint density at radius 3 is 3.16 bits per heavy atom. The summed E-state index contributed by atoms with van der Waals surface area (Å²) in [7, 11) is 0. The molecular formula is C12H17N7. The molecule has 0 atom stereocenters. The minimum Gasteiger partial charge on any atom is -0.369 e. The number of fused-ring (bicyclic) bond motifs is 1. The summed E-state index contributed by atoms with van der Waals surface area (Å²) in [5.74, 6) is 2.68. The van der Waals surface area contributed by atoms with Crippen molar-refractivity contribution < 1.29 is 0 Å². The summed E-state index contributed by atoms with van der Waals surface area (Å²) in [5.41, 5.74) is 0. The summed E-state index contributed by atoms with van der Waals surface area (Å²) in [6.45, 7) is 5.55. The van der Waals surface area contributed by atoms with Crippen molar-refractivity contribution in [3.05, 3.63) is 24.5 Å². The first-order chi connectivity index (χ1) is 9.36. The monoisotopic (exact) mass is 259 g/mol. The van der Waals surface area contributed by atoms with Crippen LogP contribution in [0.1, 0.15) is 19.2 Å².